The van der Waals surface area contributed by atoms with Crippen LogP contribution in [0.4, 0.5) is 0 Å². The molecule has 0 spiro atoms. The maximum atomic E-state index is 12.3. The summed E-state index contributed by atoms with van der Waals surface area (Å²) in [6.07, 6.45) is 0. The number of nitrogens with zero attached hydrogens (tertiary/aromatic N) is 2. The molecular formula is C13H13BrN2OS. The highest BCUT2D eigenvalue weighted by Gasteiger charge is 2.15. The highest BCUT2D eigenvalue weighted by Crippen LogP contribution is 2.18. The molecule has 0 unspecified atom stereocenters. The highest BCUT2D eigenvalue weighted by molar-refractivity contribution is 9.10. The molecule has 18 heavy (non-hydrogen) atoms. The fraction of sp³-hybridized carbons (Fsp3) is 0.231. The van der Waals surface area contributed by atoms with E-state index in [-0.39, 0.29) is 5.91 Å². The van der Waals surface area contributed by atoms with Crippen molar-refractivity contribution in [2.45, 2.75) is 13.5 Å². The topological polar surface area (TPSA) is 33.2 Å². The molecule has 3 nitrogen and oxygen atoms in total. The summed E-state index contributed by atoms with van der Waals surface area (Å²) in [6, 6.07) is 5.73. The number of carbonyl (C=O) groups excluding carboxylic acids is 1. The lowest BCUT2D eigenvalue weighted by atomic mass is 10.1. The molecule has 0 radical (unpaired) electrons. The quantitative estimate of drug-likeness (QED) is 0.865. The molecule has 2 aromatic rings. The lowest BCUT2D eigenvalue weighted by molar-refractivity contribution is 0.0783. The molecule has 0 aliphatic carbocycles. The van der Waals surface area contributed by atoms with Crippen molar-refractivity contribution in [3.63, 3.8) is 0 Å². The van der Waals surface area contributed by atoms with Crippen molar-refractivity contribution in [1.82, 2.24) is 9.88 Å². The molecule has 1 heterocycles. The van der Waals surface area contributed by atoms with E-state index in [0.717, 1.165) is 21.3 Å². The monoisotopic (exact) mass is 324 g/mol. The zero-order valence-corrected chi connectivity index (χ0v) is 12.6. The Hall–Kier alpha value is -1.20. The van der Waals surface area contributed by atoms with Gasteiger partial charge in [-0.3, -0.25) is 4.79 Å². The lowest BCUT2D eigenvalue weighted by Crippen LogP contribution is -2.27. The van der Waals surface area contributed by atoms with Crippen molar-refractivity contribution in [2.75, 3.05) is 7.05 Å². The van der Waals surface area contributed by atoms with Gasteiger partial charge in [-0.05, 0) is 24.6 Å². The normalized spacial score (nSPS) is 10.4. The molecule has 0 saturated heterocycles. The number of amides is 1. The van der Waals surface area contributed by atoms with Crippen LogP contribution in [0.3, 0.4) is 0 Å². The van der Waals surface area contributed by atoms with Crippen molar-refractivity contribution in [1.29, 1.82) is 0 Å². The fourth-order valence-corrected chi connectivity index (χ4v) is 2.57. The summed E-state index contributed by atoms with van der Waals surface area (Å²) in [5, 5.41) is 1.96. The second-order valence-corrected chi connectivity index (χ2v) is 5.73. The van der Waals surface area contributed by atoms with Crippen LogP contribution >= 0.6 is 27.3 Å². The maximum absolute atomic E-state index is 12.3. The molecule has 5 heteroatoms. The number of hydrogen-bond acceptors (Lipinski definition) is 3. The van der Waals surface area contributed by atoms with Crippen LogP contribution in [0.5, 0.6) is 0 Å². The Morgan fingerprint density at radius 3 is 2.94 bits per heavy atom. The van der Waals surface area contributed by atoms with Crippen LogP contribution < -0.4 is 0 Å². The largest absolute Gasteiger partial charge is 0.336 e. The number of halogens is 1. The van der Waals surface area contributed by atoms with Crippen LogP contribution in [0, 0.1) is 6.92 Å². The van der Waals surface area contributed by atoms with Gasteiger partial charge in [-0.2, -0.15) is 0 Å². The number of rotatable bonds is 3. The van der Waals surface area contributed by atoms with Crippen molar-refractivity contribution in [3.05, 3.63) is 50.4 Å². The average Bonchev–Trinajstić information content (AvgIpc) is 2.84. The number of hydrogen-bond donors (Lipinski definition) is 0. The van der Waals surface area contributed by atoms with Gasteiger partial charge in [0, 0.05) is 22.5 Å². The molecule has 0 N–H and O–H groups in total. The average molecular weight is 325 g/mol. The molecule has 0 atom stereocenters. The molecule has 0 aliphatic rings. The Balaban J connectivity index is 2.17. The van der Waals surface area contributed by atoms with E-state index in [1.165, 1.54) is 11.3 Å². The van der Waals surface area contributed by atoms with Crippen LogP contribution in [0.1, 0.15) is 21.6 Å². The first-order valence-corrected chi connectivity index (χ1v) is 7.20. The van der Waals surface area contributed by atoms with Gasteiger partial charge in [-0.1, -0.05) is 22.0 Å². The summed E-state index contributed by atoms with van der Waals surface area (Å²) in [4.78, 5) is 18.2. The Labute approximate surface area is 119 Å². The van der Waals surface area contributed by atoms with Gasteiger partial charge in [0.05, 0.1) is 17.7 Å². The Kier molecular flexibility index (Phi) is 4.14. The number of thiazole rings is 1. The van der Waals surface area contributed by atoms with E-state index in [9.17, 15) is 4.79 Å². The van der Waals surface area contributed by atoms with Crippen molar-refractivity contribution in [3.8, 4) is 0 Å². The predicted molar refractivity (Wildman–Crippen MR) is 76.8 cm³/mol. The zero-order valence-electron chi connectivity index (χ0n) is 10.2. The third kappa shape index (κ3) is 2.97. The molecule has 1 amide bonds. The minimum atomic E-state index is 0.0156. The molecule has 0 saturated carbocycles. The van der Waals surface area contributed by atoms with E-state index in [4.69, 9.17) is 0 Å². The SMILES string of the molecule is Cc1ccc(Br)cc1C(=O)N(C)Cc1cscn1. The van der Waals surface area contributed by atoms with E-state index in [0.29, 0.717) is 6.54 Å². The molecule has 0 aliphatic heterocycles. The van der Waals surface area contributed by atoms with Gasteiger partial charge in [-0.25, -0.2) is 4.98 Å². The van der Waals surface area contributed by atoms with Gasteiger partial charge in [0.15, 0.2) is 0 Å². The number of aryl methyl sites for hydroxylation is 1. The first-order chi connectivity index (χ1) is 8.58. The molecule has 1 aromatic heterocycles. The molecular weight excluding hydrogens is 312 g/mol. The fourth-order valence-electron chi connectivity index (χ4n) is 1.66. The summed E-state index contributed by atoms with van der Waals surface area (Å²) in [7, 11) is 1.79. The first kappa shape index (κ1) is 13.2. The highest BCUT2D eigenvalue weighted by atomic mass is 79.9. The number of benzene rings is 1. The van der Waals surface area contributed by atoms with Crippen molar-refractivity contribution >= 4 is 33.2 Å². The van der Waals surface area contributed by atoms with E-state index in [2.05, 4.69) is 20.9 Å². The first-order valence-electron chi connectivity index (χ1n) is 5.46. The van der Waals surface area contributed by atoms with E-state index >= 15 is 0 Å². The zero-order chi connectivity index (χ0) is 13.1. The van der Waals surface area contributed by atoms with E-state index < -0.39 is 0 Å². The Bertz CT molecular complexity index is 554. The molecule has 2 rings (SSSR count). The van der Waals surface area contributed by atoms with Gasteiger partial charge in [-0.15, -0.1) is 11.3 Å². The third-order valence-electron chi connectivity index (χ3n) is 2.66. The predicted octanol–water partition coefficient (Wildman–Crippen LogP) is 3.49. The summed E-state index contributed by atoms with van der Waals surface area (Å²) < 4.78 is 0.915. The van der Waals surface area contributed by atoms with Gasteiger partial charge < -0.3 is 4.90 Å². The second-order valence-electron chi connectivity index (χ2n) is 4.10. The van der Waals surface area contributed by atoms with Gasteiger partial charge in [0.1, 0.15) is 0 Å². The van der Waals surface area contributed by atoms with Crippen molar-refractivity contribution in [2.24, 2.45) is 0 Å². The lowest BCUT2D eigenvalue weighted by Gasteiger charge is -2.17. The van der Waals surface area contributed by atoms with Crippen LogP contribution in [0.25, 0.3) is 0 Å². The molecule has 0 bridgehead atoms. The third-order valence-corrected chi connectivity index (χ3v) is 3.79. The van der Waals surface area contributed by atoms with Crippen molar-refractivity contribution < 1.29 is 4.79 Å². The number of carbonyl (C=O) groups is 1. The van der Waals surface area contributed by atoms with Crippen LogP contribution in [-0.4, -0.2) is 22.8 Å². The summed E-state index contributed by atoms with van der Waals surface area (Å²) >= 11 is 4.93. The minimum absolute atomic E-state index is 0.0156. The molecule has 0 fully saturated rings. The molecule has 1 aromatic carbocycles. The van der Waals surface area contributed by atoms with Crippen LogP contribution in [0.2, 0.25) is 0 Å². The van der Waals surface area contributed by atoms with Crippen LogP contribution in [0.15, 0.2) is 33.6 Å². The van der Waals surface area contributed by atoms with Crippen LogP contribution in [-0.2, 0) is 6.54 Å². The van der Waals surface area contributed by atoms with Gasteiger partial charge in [0.2, 0.25) is 0 Å². The smallest absolute Gasteiger partial charge is 0.254 e. The van der Waals surface area contributed by atoms with Gasteiger partial charge in [0.25, 0.3) is 5.91 Å². The minimum Gasteiger partial charge on any atom is -0.336 e. The Morgan fingerprint density at radius 1 is 1.50 bits per heavy atom. The summed E-state index contributed by atoms with van der Waals surface area (Å²) in [6.45, 7) is 2.48. The van der Waals surface area contributed by atoms with Gasteiger partial charge >= 0.3 is 0 Å². The standard InChI is InChI=1S/C13H13BrN2OS/c1-9-3-4-10(14)5-12(9)13(17)16(2)6-11-7-18-8-15-11/h3-5,7-8H,6H2,1-2H3. The maximum Gasteiger partial charge on any atom is 0.254 e. The summed E-state index contributed by atoms with van der Waals surface area (Å²) in [5.74, 6) is 0.0156. The van der Waals surface area contributed by atoms with E-state index in [1.807, 2.05) is 30.5 Å². The Morgan fingerprint density at radius 2 is 2.28 bits per heavy atom. The summed E-state index contributed by atoms with van der Waals surface area (Å²) in [5.41, 5.74) is 4.40. The molecule has 94 valence electrons. The van der Waals surface area contributed by atoms with E-state index in [1.54, 1.807) is 17.5 Å². The second kappa shape index (κ2) is 5.63. The number of aromatic nitrogens is 1.